The zero-order valence-corrected chi connectivity index (χ0v) is 16.4. The van der Waals surface area contributed by atoms with Crippen LogP contribution in [0.15, 0.2) is 59.6 Å². The smallest absolute Gasteiger partial charge is 0.416 e. The average Bonchev–Trinajstić information content (AvgIpc) is 3.27. The van der Waals surface area contributed by atoms with Gasteiger partial charge in [-0.1, -0.05) is 36.4 Å². The van der Waals surface area contributed by atoms with E-state index in [1.54, 1.807) is 13.2 Å². The lowest BCUT2D eigenvalue weighted by Gasteiger charge is -2.20. The Morgan fingerprint density at radius 2 is 1.87 bits per heavy atom. The molecule has 1 aliphatic rings. The van der Waals surface area contributed by atoms with Crippen molar-refractivity contribution in [3.05, 3.63) is 65.7 Å². The zero-order chi connectivity index (χ0) is 21.1. The van der Waals surface area contributed by atoms with Crippen LogP contribution in [-0.2, 0) is 10.9 Å². The van der Waals surface area contributed by atoms with Crippen LogP contribution in [0.5, 0.6) is 5.75 Å². The van der Waals surface area contributed by atoms with Gasteiger partial charge in [-0.05, 0) is 34.5 Å². The highest BCUT2D eigenvalue weighted by Gasteiger charge is 2.31. The molecule has 4 nitrogen and oxygen atoms in total. The summed E-state index contributed by atoms with van der Waals surface area (Å²) in [6.45, 7) is 1.96. The second-order valence-electron chi connectivity index (χ2n) is 6.93. The number of alkyl halides is 3. The van der Waals surface area contributed by atoms with E-state index < -0.39 is 11.7 Å². The fourth-order valence-corrected chi connectivity index (χ4v) is 3.60. The van der Waals surface area contributed by atoms with Crippen LogP contribution in [0.4, 0.5) is 13.2 Å². The van der Waals surface area contributed by atoms with Crippen molar-refractivity contribution in [3.8, 4) is 16.9 Å². The van der Waals surface area contributed by atoms with Crippen molar-refractivity contribution in [3.63, 3.8) is 0 Å². The number of benzene rings is 3. The number of amidine groups is 1. The molecule has 1 N–H and O–H groups in total. The molecule has 0 unspecified atom stereocenters. The molecule has 3 aromatic rings. The summed E-state index contributed by atoms with van der Waals surface area (Å²) in [7, 11) is 1.57. The number of hydrogen-bond donors (Lipinski definition) is 1. The molecule has 0 bridgehead atoms. The molecule has 0 spiro atoms. The van der Waals surface area contributed by atoms with Gasteiger partial charge in [0, 0.05) is 19.2 Å². The van der Waals surface area contributed by atoms with Crippen molar-refractivity contribution in [1.82, 2.24) is 5.32 Å². The lowest BCUT2D eigenvalue weighted by atomic mass is 9.92. The van der Waals surface area contributed by atoms with Gasteiger partial charge in [-0.25, -0.2) is 0 Å². The Hall–Kier alpha value is -3.06. The number of rotatable bonds is 6. The average molecular weight is 414 g/mol. The van der Waals surface area contributed by atoms with E-state index in [0.717, 1.165) is 22.4 Å². The molecule has 4 rings (SSSR count). The standard InChI is InChI=1S/C23H21F3N2O2/c1-29-11-12-30-21-19(22-27-9-10-28-22)14-15-5-2-3-8-18(15)20(21)16-6-4-7-17(13-16)23(24,25)26/h2-8,13-14H,9-12H2,1H3,(H,27,28). The second-order valence-corrected chi connectivity index (χ2v) is 6.93. The molecule has 0 saturated carbocycles. The molecule has 0 aromatic heterocycles. The summed E-state index contributed by atoms with van der Waals surface area (Å²) in [4.78, 5) is 4.51. The van der Waals surface area contributed by atoms with Crippen LogP contribution >= 0.6 is 0 Å². The fraction of sp³-hybridized carbons (Fsp3) is 0.261. The Kier molecular flexibility index (Phi) is 5.63. The molecule has 156 valence electrons. The summed E-state index contributed by atoms with van der Waals surface area (Å²) in [5, 5.41) is 4.95. The number of fused-ring (bicyclic) bond motifs is 1. The molecule has 1 aliphatic heterocycles. The third-order valence-corrected chi connectivity index (χ3v) is 4.94. The van der Waals surface area contributed by atoms with Gasteiger partial charge in [-0.3, -0.25) is 4.99 Å². The minimum absolute atomic E-state index is 0.265. The highest BCUT2D eigenvalue weighted by atomic mass is 19.4. The van der Waals surface area contributed by atoms with Crippen molar-refractivity contribution in [2.24, 2.45) is 4.99 Å². The quantitative estimate of drug-likeness (QED) is 0.584. The third kappa shape index (κ3) is 3.98. The van der Waals surface area contributed by atoms with Crippen molar-refractivity contribution in [2.45, 2.75) is 6.18 Å². The largest absolute Gasteiger partial charge is 0.490 e. The van der Waals surface area contributed by atoms with E-state index in [4.69, 9.17) is 9.47 Å². The number of halogens is 3. The van der Waals surface area contributed by atoms with Crippen LogP contribution in [0.25, 0.3) is 21.9 Å². The molecular weight excluding hydrogens is 393 g/mol. The Morgan fingerprint density at radius 1 is 1.03 bits per heavy atom. The van der Waals surface area contributed by atoms with Crippen LogP contribution in [0.1, 0.15) is 11.1 Å². The summed E-state index contributed by atoms with van der Waals surface area (Å²) in [6.07, 6.45) is -4.43. The van der Waals surface area contributed by atoms with Crippen LogP contribution < -0.4 is 10.1 Å². The van der Waals surface area contributed by atoms with Gasteiger partial charge in [0.15, 0.2) is 0 Å². The van der Waals surface area contributed by atoms with E-state index in [0.29, 0.717) is 42.4 Å². The first-order chi connectivity index (χ1) is 14.5. The summed E-state index contributed by atoms with van der Waals surface area (Å²) < 4.78 is 51.4. The number of ether oxygens (including phenoxy) is 2. The molecule has 30 heavy (non-hydrogen) atoms. The van der Waals surface area contributed by atoms with Crippen molar-refractivity contribution < 1.29 is 22.6 Å². The molecule has 7 heteroatoms. The summed E-state index contributed by atoms with van der Waals surface area (Å²) >= 11 is 0. The molecule has 0 saturated heterocycles. The Balaban J connectivity index is 1.99. The van der Waals surface area contributed by atoms with Gasteiger partial charge in [0.25, 0.3) is 0 Å². The molecule has 0 aliphatic carbocycles. The highest BCUT2D eigenvalue weighted by Crippen LogP contribution is 2.42. The molecular formula is C23H21F3N2O2. The maximum Gasteiger partial charge on any atom is 0.416 e. The summed E-state index contributed by atoms with van der Waals surface area (Å²) in [5.74, 6) is 1.18. The molecule has 0 radical (unpaired) electrons. The predicted molar refractivity (Wildman–Crippen MR) is 111 cm³/mol. The third-order valence-electron chi connectivity index (χ3n) is 4.94. The number of aliphatic imine (C=N–C) groups is 1. The van der Waals surface area contributed by atoms with Gasteiger partial charge in [0.1, 0.15) is 18.2 Å². The molecule has 0 atom stereocenters. The fourth-order valence-electron chi connectivity index (χ4n) is 3.60. The maximum absolute atomic E-state index is 13.4. The first-order valence-corrected chi connectivity index (χ1v) is 9.63. The van der Waals surface area contributed by atoms with Gasteiger partial charge >= 0.3 is 6.18 Å². The van der Waals surface area contributed by atoms with E-state index in [2.05, 4.69) is 10.3 Å². The number of nitrogens with one attached hydrogen (secondary N) is 1. The minimum atomic E-state index is -4.43. The van der Waals surface area contributed by atoms with E-state index in [-0.39, 0.29) is 6.61 Å². The predicted octanol–water partition coefficient (Wildman–Crippen LogP) is 4.90. The SMILES string of the molecule is COCCOc1c(C2=NCCN2)cc2ccccc2c1-c1cccc(C(F)(F)F)c1. The van der Waals surface area contributed by atoms with Crippen LogP contribution in [0.2, 0.25) is 0 Å². The number of methoxy groups -OCH3 is 1. The van der Waals surface area contributed by atoms with Crippen molar-refractivity contribution >= 4 is 16.6 Å². The number of hydrogen-bond acceptors (Lipinski definition) is 4. The van der Waals surface area contributed by atoms with E-state index >= 15 is 0 Å². The molecule has 1 heterocycles. The van der Waals surface area contributed by atoms with Gasteiger partial charge in [0.2, 0.25) is 0 Å². The maximum atomic E-state index is 13.4. The van der Waals surface area contributed by atoms with E-state index in [9.17, 15) is 13.2 Å². The van der Waals surface area contributed by atoms with Crippen LogP contribution in [-0.4, -0.2) is 39.2 Å². The molecule has 0 amide bonds. The zero-order valence-electron chi connectivity index (χ0n) is 16.4. The normalized spacial score (nSPS) is 13.9. The minimum Gasteiger partial charge on any atom is -0.490 e. The monoisotopic (exact) mass is 414 g/mol. The first kappa shape index (κ1) is 20.2. The van der Waals surface area contributed by atoms with Gasteiger partial charge in [0.05, 0.1) is 24.3 Å². The first-order valence-electron chi connectivity index (χ1n) is 9.63. The summed E-state index contributed by atoms with van der Waals surface area (Å²) in [6, 6.07) is 14.9. The second kappa shape index (κ2) is 8.36. The van der Waals surface area contributed by atoms with Gasteiger partial charge < -0.3 is 14.8 Å². The van der Waals surface area contributed by atoms with Crippen LogP contribution in [0.3, 0.4) is 0 Å². The Bertz CT molecular complexity index is 1090. The lowest BCUT2D eigenvalue weighted by molar-refractivity contribution is -0.137. The highest BCUT2D eigenvalue weighted by molar-refractivity contribution is 6.11. The summed E-state index contributed by atoms with van der Waals surface area (Å²) in [5.41, 5.74) is 1.08. The van der Waals surface area contributed by atoms with E-state index in [1.165, 1.54) is 12.1 Å². The van der Waals surface area contributed by atoms with Gasteiger partial charge in [-0.15, -0.1) is 0 Å². The topological polar surface area (TPSA) is 42.9 Å². The van der Waals surface area contributed by atoms with Crippen LogP contribution in [0, 0.1) is 0 Å². The Labute approximate surface area is 172 Å². The Morgan fingerprint density at radius 3 is 2.60 bits per heavy atom. The molecule has 0 fully saturated rings. The van der Waals surface area contributed by atoms with Gasteiger partial charge in [-0.2, -0.15) is 13.2 Å². The lowest BCUT2D eigenvalue weighted by Crippen LogP contribution is -2.21. The number of nitrogens with zero attached hydrogens (tertiary/aromatic N) is 1. The van der Waals surface area contributed by atoms with Crippen molar-refractivity contribution in [1.29, 1.82) is 0 Å². The van der Waals surface area contributed by atoms with E-state index in [1.807, 2.05) is 30.3 Å². The van der Waals surface area contributed by atoms with Crippen molar-refractivity contribution in [2.75, 3.05) is 33.4 Å². The molecule has 3 aromatic carbocycles.